The fourth-order valence-corrected chi connectivity index (χ4v) is 3.46. The van der Waals surface area contributed by atoms with Crippen LogP contribution >= 0.6 is 11.6 Å². The summed E-state index contributed by atoms with van der Waals surface area (Å²) in [6.45, 7) is 9.33. The first kappa shape index (κ1) is 25.4. The normalized spacial score (nSPS) is 13.8. The first-order valence-corrected chi connectivity index (χ1v) is 11.6. The largest absolute Gasteiger partial charge is 0.393 e. The van der Waals surface area contributed by atoms with Crippen LogP contribution < -0.4 is 0 Å². The van der Waals surface area contributed by atoms with Gasteiger partial charge in [-0.3, -0.25) is 0 Å². The van der Waals surface area contributed by atoms with Crippen LogP contribution in [0.1, 0.15) is 76.3 Å². The molecule has 0 aliphatic carbocycles. The van der Waals surface area contributed by atoms with Crippen molar-refractivity contribution in [2.24, 2.45) is 5.92 Å². The molecule has 1 unspecified atom stereocenters. The molecular formula is C24H41ClO3. The molecule has 0 aliphatic heterocycles. The lowest BCUT2D eigenvalue weighted by Crippen LogP contribution is -2.17. The topological polar surface area (TPSA) is 38.7 Å². The lowest BCUT2D eigenvalue weighted by Gasteiger charge is -2.20. The van der Waals surface area contributed by atoms with Gasteiger partial charge in [-0.2, -0.15) is 0 Å². The Balaban J connectivity index is 2.06. The third-order valence-electron chi connectivity index (χ3n) is 5.06. The van der Waals surface area contributed by atoms with Gasteiger partial charge in [0.2, 0.25) is 0 Å². The van der Waals surface area contributed by atoms with Crippen molar-refractivity contribution in [2.75, 3.05) is 32.3 Å². The number of alkyl halides is 1. The second-order valence-electron chi connectivity index (χ2n) is 8.17. The molecule has 28 heavy (non-hydrogen) atoms. The van der Waals surface area contributed by atoms with E-state index in [9.17, 15) is 5.11 Å². The van der Waals surface area contributed by atoms with E-state index in [-0.39, 0.29) is 12.0 Å². The van der Waals surface area contributed by atoms with Gasteiger partial charge in [0.25, 0.3) is 0 Å². The van der Waals surface area contributed by atoms with Crippen molar-refractivity contribution in [3.63, 3.8) is 0 Å². The van der Waals surface area contributed by atoms with Crippen molar-refractivity contribution >= 4 is 11.6 Å². The molecular weight excluding hydrogens is 372 g/mol. The zero-order valence-corrected chi connectivity index (χ0v) is 18.9. The van der Waals surface area contributed by atoms with Gasteiger partial charge in [0, 0.05) is 25.0 Å². The van der Waals surface area contributed by atoms with E-state index >= 15 is 0 Å². The SMILES string of the molecule is CC(C)Cc1ccc([C@H](C)C(O)CCCOCCOCCCCCCCl)cc1. The van der Waals surface area contributed by atoms with Crippen LogP contribution in [0.5, 0.6) is 0 Å². The van der Waals surface area contributed by atoms with Gasteiger partial charge >= 0.3 is 0 Å². The number of hydrogen-bond donors (Lipinski definition) is 1. The van der Waals surface area contributed by atoms with Crippen molar-refractivity contribution in [3.05, 3.63) is 35.4 Å². The Morgan fingerprint density at radius 2 is 1.43 bits per heavy atom. The van der Waals surface area contributed by atoms with E-state index in [0.29, 0.717) is 25.7 Å². The van der Waals surface area contributed by atoms with Gasteiger partial charge in [0.15, 0.2) is 0 Å². The molecule has 0 bridgehead atoms. The maximum Gasteiger partial charge on any atom is 0.0700 e. The van der Waals surface area contributed by atoms with Crippen LogP contribution in [0.25, 0.3) is 0 Å². The number of unbranched alkanes of at least 4 members (excludes halogenated alkanes) is 3. The van der Waals surface area contributed by atoms with E-state index in [2.05, 4.69) is 45.0 Å². The third-order valence-corrected chi connectivity index (χ3v) is 5.33. The Kier molecular flexibility index (Phi) is 14.7. The van der Waals surface area contributed by atoms with Gasteiger partial charge in [0.05, 0.1) is 19.3 Å². The van der Waals surface area contributed by atoms with Crippen molar-refractivity contribution in [2.45, 2.75) is 77.7 Å². The Morgan fingerprint density at radius 1 is 0.821 bits per heavy atom. The van der Waals surface area contributed by atoms with E-state index in [1.165, 1.54) is 24.0 Å². The Morgan fingerprint density at radius 3 is 2.04 bits per heavy atom. The highest BCUT2D eigenvalue weighted by molar-refractivity contribution is 6.17. The van der Waals surface area contributed by atoms with E-state index in [4.69, 9.17) is 21.1 Å². The summed E-state index contributed by atoms with van der Waals surface area (Å²) < 4.78 is 11.2. The number of aliphatic hydroxyl groups excluding tert-OH is 1. The van der Waals surface area contributed by atoms with Crippen LogP contribution in [0, 0.1) is 5.92 Å². The molecule has 0 saturated carbocycles. The minimum atomic E-state index is -0.330. The van der Waals surface area contributed by atoms with Crippen molar-refractivity contribution in [3.8, 4) is 0 Å². The molecule has 1 N–H and O–H groups in total. The summed E-state index contributed by atoms with van der Waals surface area (Å²) >= 11 is 5.65. The maximum absolute atomic E-state index is 10.5. The molecule has 0 spiro atoms. The second-order valence-corrected chi connectivity index (χ2v) is 8.54. The smallest absolute Gasteiger partial charge is 0.0700 e. The molecule has 4 heteroatoms. The zero-order chi connectivity index (χ0) is 20.6. The summed E-state index contributed by atoms with van der Waals surface area (Å²) in [5, 5.41) is 10.5. The molecule has 0 saturated heterocycles. The predicted molar refractivity (Wildman–Crippen MR) is 119 cm³/mol. The minimum Gasteiger partial charge on any atom is -0.393 e. The summed E-state index contributed by atoms with van der Waals surface area (Å²) in [5.41, 5.74) is 2.58. The monoisotopic (exact) mass is 412 g/mol. The molecule has 0 heterocycles. The number of rotatable bonds is 17. The molecule has 3 nitrogen and oxygen atoms in total. The molecule has 1 aromatic rings. The maximum atomic E-state index is 10.5. The number of halogens is 1. The van der Waals surface area contributed by atoms with Crippen molar-refractivity contribution < 1.29 is 14.6 Å². The highest BCUT2D eigenvalue weighted by atomic mass is 35.5. The predicted octanol–water partition coefficient (Wildman–Crippen LogP) is 5.96. The van der Waals surface area contributed by atoms with Crippen LogP contribution in [0.3, 0.4) is 0 Å². The van der Waals surface area contributed by atoms with Crippen molar-refractivity contribution in [1.29, 1.82) is 0 Å². The molecule has 1 rings (SSSR count). The van der Waals surface area contributed by atoms with E-state index in [1.807, 2.05) is 0 Å². The minimum absolute atomic E-state index is 0.148. The lowest BCUT2D eigenvalue weighted by atomic mass is 9.91. The summed E-state index contributed by atoms with van der Waals surface area (Å²) in [5.74, 6) is 1.57. The highest BCUT2D eigenvalue weighted by Crippen LogP contribution is 2.23. The van der Waals surface area contributed by atoms with Gasteiger partial charge in [-0.25, -0.2) is 0 Å². The summed E-state index contributed by atoms with van der Waals surface area (Å²) in [6, 6.07) is 8.71. The van der Waals surface area contributed by atoms with Crippen LogP contribution in [-0.4, -0.2) is 43.5 Å². The highest BCUT2D eigenvalue weighted by Gasteiger charge is 2.16. The van der Waals surface area contributed by atoms with Gasteiger partial charge in [-0.15, -0.1) is 11.6 Å². The summed E-state index contributed by atoms with van der Waals surface area (Å²) in [7, 11) is 0. The Labute approximate surface area is 177 Å². The molecule has 0 fully saturated rings. The molecule has 0 amide bonds. The molecule has 2 atom stereocenters. The first-order chi connectivity index (χ1) is 13.5. The molecule has 162 valence electrons. The Hall–Kier alpha value is -0.610. The number of hydrogen-bond acceptors (Lipinski definition) is 3. The standard InChI is InChI=1S/C24H41ClO3/c1-20(2)19-22-10-12-23(13-11-22)21(3)24(26)9-8-16-28-18-17-27-15-7-5-4-6-14-25/h10-13,20-21,24,26H,4-9,14-19H2,1-3H3/t21-,24?/m0/s1. The number of benzene rings is 1. The van der Waals surface area contributed by atoms with Crippen LogP contribution in [-0.2, 0) is 15.9 Å². The van der Waals surface area contributed by atoms with E-state index in [0.717, 1.165) is 44.6 Å². The van der Waals surface area contributed by atoms with Gasteiger partial charge in [0.1, 0.15) is 0 Å². The van der Waals surface area contributed by atoms with Gasteiger partial charge in [-0.1, -0.05) is 57.9 Å². The zero-order valence-electron chi connectivity index (χ0n) is 18.2. The molecule has 0 radical (unpaired) electrons. The number of ether oxygens (including phenoxy) is 2. The lowest BCUT2D eigenvalue weighted by molar-refractivity contribution is 0.0397. The third kappa shape index (κ3) is 12.1. The van der Waals surface area contributed by atoms with Crippen molar-refractivity contribution in [1.82, 2.24) is 0 Å². The van der Waals surface area contributed by atoms with Crippen LogP contribution in [0.2, 0.25) is 0 Å². The average Bonchev–Trinajstić information content (AvgIpc) is 2.68. The fraction of sp³-hybridized carbons (Fsp3) is 0.750. The second kappa shape index (κ2) is 16.2. The molecule has 1 aromatic carbocycles. The summed E-state index contributed by atoms with van der Waals surface area (Å²) in [6.07, 6.45) is 6.97. The van der Waals surface area contributed by atoms with Crippen LogP contribution in [0.15, 0.2) is 24.3 Å². The quantitative estimate of drug-likeness (QED) is 0.253. The summed E-state index contributed by atoms with van der Waals surface area (Å²) in [4.78, 5) is 0. The molecule has 0 aromatic heterocycles. The van der Waals surface area contributed by atoms with E-state index in [1.54, 1.807) is 0 Å². The van der Waals surface area contributed by atoms with Gasteiger partial charge in [-0.05, 0) is 49.1 Å². The average molecular weight is 413 g/mol. The molecule has 0 aliphatic rings. The Bertz CT molecular complexity index is 475. The first-order valence-electron chi connectivity index (χ1n) is 11.0. The van der Waals surface area contributed by atoms with Gasteiger partial charge < -0.3 is 14.6 Å². The van der Waals surface area contributed by atoms with Crippen LogP contribution in [0.4, 0.5) is 0 Å². The number of aliphatic hydroxyl groups is 1. The fourth-order valence-electron chi connectivity index (χ4n) is 3.27. The van der Waals surface area contributed by atoms with E-state index < -0.39 is 0 Å².